The molecule has 1 unspecified atom stereocenters. The zero-order chi connectivity index (χ0) is 17.3. The molecule has 0 aromatic heterocycles. The highest BCUT2D eigenvalue weighted by atomic mass is 35.5. The van der Waals surface area contributed by atoms with Crippen LogP contribution in [0.15, 0.2) is 24.3 Å². The van der Waals surface area contributed by atoms with Crippen LogP contribution in [0.2, 0.25) is 0 Å². The number of piperidine rings is 1. The van der Waals surface area contributed by atoms with Gasteiger partial charge in [-0.25, -0.2) is 0 Å². The summed E-state index contributed by atoms with van der Waals surface area (Å²) >= 11 is 0. The van der Waals surface area contributed by atoms with E-state index in [1.165, 1.54) is 0 Å². The highest BCUT2D eigenvalue weighted by Crippen LogP contribution is 2.36. The van der Waals surface area contributed by atoms with Gasteiger partial charge in [-0.1, -0.05) is 12.1 Å². The van der Waals surface area contributed by atoms with Crippen LogP contribution in [0.5, 0.6) is 0 Å². The Morgan fingerprint density at radius 2 is 2.08 bits per heavy atom. The molecule has 0 saturated carbocycles. The Morgan fingerprint density at radius 1 is 1.36 bits per heavy atom. The number of para-hydroxylation sites is 2. The lowest BCUT2D eigenvalue weighted by atomic mass is 9.96. The quantitative estimate of drug-likeness (QED) is 0.857. The monoisotopic (exact) mass is 366 g/mol. The second-order valence-corrected chi connectivity index (χ2v) is 7.12. The van der Waals surface area contributed by atoms with E-state index in [1.54, 1.807) is 18.7 Å². The maximum absolute atomic E-state index is 13.1. The first-order valence-electron chi connectivity index (χ1n) is 8.56. The molecule has 1 fully saturated rings. The zero-order valence-electron chi connectivity index (χ0n) is 15.0. The third-order valence-corrected chi connectivity index (χ3v) is 5.03. The van der Waals surface area contributed by atoms with Gasteiger partial charge in [0.1, 0.15) is 5.54 Å². The van der Waals surface area contributed by atoms with Crippen molar-refractivity contribution in [2.45, 2.75) is 38.3 Å². The smallest absolute Gasteiger partial charge is 0.250 e. The minimum absolute atomic E-state index is 0. The van der Waals surface area contributed by atoms with Crippen molar-refractivity contribution in [2.24, 2.45) is 0 Å². The van der Waals surface area contributed by atoms with E-state index in [-0.39, 0.29) is 24.2 Å². The molecule has 3 rings (SSSR count). The Balaban J connectivity index is 0.00000225. The minimum Gasteiger partial charge on any atom is -0.322 e. The van der Waals surface area contributed by atoms with E-state index in [0.717, 1.165) is 31.6 Å². The maximum Gasteiger partial charge on any atom is 0.250 e. The van der Waals surface area contributed by atoms with Gasteiger partial charge >= 0.3 is 0 Å². The molecule has 25 heavy (non-hydrogen) atoms. The molecule has 1 aromatic rings. The summed E-state index contributed by atoms with van der Waals surface area (Å²) in [4.78, 5) is 29.4. The van der Waals surface area contributed by atoms with Crippen molar-refractivity contribution in [1.29, 1.82) is 0 Å². The number of nitrogens with zero attached hydrogens (tertiary/aromatic N) is 2. The Bertz CT molecular complexity index is 650. The molecule has 6 nitrogen and oxygen atoms in total. The van der Waals surface area contributed by atoms with E-state index >= 15 is 0 Å². The van der Waals surface area contributed by atoms with Crippen molar-refractivity contribution in [3.63, 3.8) is 0 Å². The average molecular weight is 367 g/mol. The fourth-order valence-electron chi connectivity index (χ4n) is 3.60. The lowest BCUT2D eigenvalue weighted by molar-refractivity contribution is -0.127. The molecule has 1 aromatic carbocycles. The van der Waals surface area contributed by atoms with Gasteiger partial charge in [0.05, 0.1) is 17.9 Å². The summed E-state index contributed by atoms with van der Waals surface area (Å²) in [7, 11) is 1.96. The molecule has 1 saturated heterocycles. The number of nitrogens with one attached hydrogen (secondary N) is 2. The number of anilines is 2. The summed E-state index contributed by atoms with van der Waals surface area (Å²) in [6.07, 6.45) is 2.22. The molecule has 0 radical (unpaired) electrons. The van der Waals surface area contributed by atoms with Crippen LogP contribution in [-0.2, 0) is 9.59 Å². The third-order valence-electron chi connectivity index (χ3n) is 5.03. The Hall–Kier alpha value is -1.63. The molecule has 2 heterocycles. The van der Waals surface area contributed by atoms with Gasteiger partial charge in [-0.3, -0.25) is 19.4 Å². The lowest BCUT2D eigenvalue weighted by Crippen LogP contribution is -2.60. The fourth-order valence-corrected chi connectivity index (χ4v) is 3.60. The van der Waals surface area contributed by atoms with Gasteiger partial charge in [-0.05, 0) is 52.4 Å². The van der Waals surface area contributed by atoms with E-state index in [9.17, 15) is 9.59 Å². The van der Waals surface area contributed by atoms with Crippen LogP contribution in [0.25, 0.3) is 0 Å². The summed E-state index contributed by atoms with van der Waals surface area (Å²) in [5.41, 5.74) is 0.570. The molecule has 0 bridgehead atoms. The first-order valence-corrected chi connectivity index (χ1v) is 8.56. The van der Waals surface area contributed by atoms with Crippen LogP contribution in [0.3, 0.4) is 0 Å². The van der Waals surface area contributed by atoms with E-state index < -0.39 is 5.54 Å². The maximum atomic E-state index is 13.1. The van der Waals surface area contributed by atoms with Crippen LogP contribution in [-0.4, -0.2) is 55.0 Å². The number of likely N-dealkylation sites (tertiary alicyclic amines) is 1. The van der Waals surface area contributed by atoms with Gasteiger partial charge in [0.25, 0.3) is 0 Å². The Labute approximate surface area is 155 Å². The SMILES string of the molecule is CNC1CCCN(CC(=O)N2c3ccccc3NC(=O)C2(C)C)C1.Cl. The zero-order valence-corrected chi connectivity index (χ0v) is 15.9. The van der Waals surface area contributed by atoms with Crippen LogP contribution < -0.4 is 15.5 Å². The normalized spacial score (nSPS) is 22.6. The van der Waals surface area contributed by atoms with Crippen LogP contribution >= 0.6 is 12.4 Å². The predicted octanol–water partition coefficient (Wildman–Crippen LogP) is 1.86. The molecular weight excluding hydrogens is 340 g/mol. The number of amides is 2. The van der Waals surface area contributed by atoms with Crippen molar-refractivity contribution < 1.29 is 9.59 Å². The van der Waals surface area contributed by atoms with Crippen molar-refractivity contribution in [1.82, 2.24) is 10.2 Å². The number of hydrogen-bond donors (Lipinski definition) is 2. The first-order chi connectivity index (χ1) is 11.4. The van der Waals surface area contributed by atoms with Crippen LogP contribution in [0.1, 0.15) is 26.7 Å². The van der Waals surface area contributed by atoms with Crippen molar-refractivity contribution in [2.75, 3.05) is 36.9 Å². The number of hydrogen-bond acceptors (Lipinski definition) is 4. The topological polar surface area (TPSA) is 64.7 Å². The van der Waals surface area contributed by atoms with Gasteiger partial charge < -0.3 is 10.6 Å². The summed E-state index contributed by atoms with van der Waals surface area (Å²) in [6, 6.07) is 7.91. The Morgan fingerprint density at radius 3 is 2.80 bits per heavy atom. The highest BCUT2D eigenvalue weighted by Gasteiger charge is 2.43. The second kappa shape index (κ2) is 7.72. The summed E-state index contributed by atoms with van der Waals surface area (Å²) < 4.78 is 0. The lowest BCUT2D eigenvalue weighted by Gasteiger charge is -2.43. The van der Waals surface area contributed by atoms with Gasteiger partial charge in [-0.15, -0.1) is 12.4 Å². The molecule has 138 valence electrons. The van der Waals surface area contributed by atoms with E-state index in [1.807, 2.05) is 31.3 Å². The second-order valence-electron chi connectivity index (χ2n) is 7.12. The van der Waals surface area contributed by atoms with E-state index in [2.05, 4.69) is 15.5 Å². The van der Waals surface area contributed by atoms with Crippen molar-refractivity contribution in [3.8, 4) is 0 Å². The third kappa shape index (κ3) is 3.81. The van der Waals surface area contributed by atoms with Crippen molar-refractivity contribution in [3.05, 3.63) is 24.3 Å². The molecular formula is C18H27ClN4O2. The number of likely N-dealkylation sites (N-methyl/N-ethyl adjacent to an activating group) is 1. The largest absolute Gasteiger partial charge is 0.322 e. The number of rotatable bonds is 3. The molecule has 0 spiro atoms. The Kier molecular flexibility index (Phi) is 6.08. The molecule has 0 aliphatic carbocycles. The summed E-state index contributed by atoms with van der Waals surface area (Å²) in [5.74, 6) is -0.180. The van der Waals surface area contributed by atoms with Gasteiger partial charge in [0, 0.05) is 12.6 Å². The van der Waals surface area contributed by atoms with E-state index in [4.69, 9.17) is 0 Å². The summed E-state index contributed by atoms with van der Waals surface area (Å²) in [6.45, 7) is 5.71. The predicted molar refractivity (Wildman–Crippen MR) is 102 cm³/mol. The highest BCUT2D eigenvalue weighted by molar-refractivity contribution is 6.14. The average Bonchev–Trinajstić information content (AvgIpc) is 2.55. The molecule has 1 atom stereocenters. The molecule has 2 aliphatic rings. The number of halogens is 1. The standard InChI is InChI=1S/C18H26N4O2.ClH/c1-18(2)17(24)20-14-8-4-5-9-15(14)22(18)16(23)12-21-10-6-7-13(11-21)19-3;/h4-5,8-9,13,19H,6-7,10-12H2,1-3H3,(H,20,24);1H. The molecule has 7 heteroatoms. The van der Waals surface area contributed by atoms with E-state index in [0.29, 0.717) is 18.3 Å². The number of fused-ring (bicyclic) bond motifs is 1. The van der Waals surface area contributed by atoms with Gasteiger partial charge in [0.15, 0.2) is 0 Å². The molecule has 2 amide bonds. The summed E-state index contributed by atoms with van der Waals surface area (Å²) in [5, 5.41) is 6.19. The molecule has 2 aliphatic heterocycles. The number of carbonyl (C=O) groups excluding carboxylic acids is 2. The fraction of sp³-hybridized carbons (Fsp3) is 0.556. The van der Waals surface area contributed by atoms with Gasteiger partial charge in [-0.2, -0.15) is 0 Å². The van der Waals surface area contributed by atoms with Crippen LogP contribution in [0.4, 0.5) is 11.4 Å². The number of carbonyl (C=O) groups is 2. The van der Waals surface area contributed by atoms with Crippen molar-refractivity contribution >= 4 is 35.6 Å². The van der Waals surface area contributed by atoms with Gasteiger partial charge in [0.2, 0.25) is 11.8 Å². The first kappa shape index (κ1) is 19.7. The van der Waals surface area contributed by atoms with Crippen LogP contribution in [0, 0.1) is 0 Å². The molecule has 2 N–H and O–H groups in total. The minimum atomic E-state index is -0.899. The number of benzene rings is 1.